The Morgan fingerprint density at radius 3 is 2.08 bits per heavy atom. The Morgan fingerprint density at radius 1 is 0.840 bits per heavy atom. The minimum Gasteiger partial charge on any atom is -0.392 e. The second-order valence-corrected chi connectivity index (χ2v) is 10.5. The average molecular weight is 354 g/mol. The van der Waals surface area contributed by atoms with Crippen molar-refractivity contribution in [3.8, 4) is 0 Å². The van der Waals surface area contributed by atoms with Gasteiger partial charge in [0.05, 0.1) is 23.9 Å². The number of aliphatic hydroxyl groups is 5. The zero-order valence-electron chi connectivity index (χ0n) is 15.8. The van der Waals surface area contributed by atoms with E-state index in [-0.39, 0.29) is 23.7 Å². The fourth-order valence-electron chi connectivity index (χ4n) is 7.79. The van der Waals surface area contributed by atoms with Crippen LogP contribution in [0.4, 0.5) is 0 Å². The number of rotatable bonds is 0. The zero-order valence-corrected chi connectivity index (χ0v) is 15.8. The summed E-state index contributed by atoms with van der Waals surface area (Å²) in [4.78, 5) is 0. The first-order chi connectivity index (χ1) is 11.4. The van der Waals surface area contributed by atoms with Crippen molar-refractivity contribution in [3.05, 3.63) is 0 Å². The normalized spacial score (nSPS) is 63.0. The molecule has 5 heteroatoms. The van der Waals surface area contributed by atoms with Crippen LogP contribution in [0.25, 0.3) is 0 Å². The third-order valence-corrected chi connectivity index (χ3v) is 9.24. The van der Waals surface area contributed by atoms with Crippen LogP contribution in [0.15, 0.2) is 0 Å². The Kier molecular flexibility index (Phi) is 3.63. The van der Waals surface area contributed by atoms with Gasteiger partial charge in [-0.3, -0.25) is 0 Å². The van der Waals surface area contributed by atoms with Gasteiger partial charge in [0.2, 0.25) is 0 Å². The summed E-state index contributed by atoms with van der Waals surface area (Å²) >= 11 is 0. The highest BCUT2D eigenvalue weighted by Gasteiger charge is 2.72. The number of fused-ring (bicyclic) bond motifs is 2. The lowest BCUT2D eigenvalue weighted by molar-refractivity contribution is -0.178. The largest absolute Gasteiger partial charge is 0.392 e. The van der Waals surface area contributed by atoms with E-state index in [0.717, 1.165) is 12.8 Å². The van der Waals surface area contributed by atoms with Crippen LogP contribution in [0.3, 0.4) is 0 Å². The second kappa shape index (κ2) is 4.99. The molecule has 0 amide bonds. The van der Waals surface area contributed by atoms with E-state index in [2.05, 4.69) is 6.92 Å². The highest BCUT2D eigenvalue weighted by atomic mass is 16.4. The van der Waals surface area contributed by atoms with Crippen molar-refractivity contribution >= 4 is 0 Å². The van der Waals surface area contributed by atoms with Gasteiger partial charge in [-0.25, -0.2) is 0 Å². The fraction of sp³-hybridized carbons (Fsp3) is 1.00. The van der Waals surface area contributed by atoms with Gasteiger partial charge in [-0.05, 0) is 56.8 Å². The zero-order chi connectivity index (χ0) is 18.6. The lowest BCUT2D eigenvalue weighted by Gasteiger charge is -2.47. The first-order valence-corrected chi connectivity index (χ1v) is 9.88. The average Bonchev–Trinajstić information content (AvgIpc) is 2.71. The molecule has 0 aromatic heterocycles. The topological polar surface area (TPSA) is 101 Å². The minimum atomic E-state index is -1.37. The summed E-state index contributed by atoms with van der Waals surface area (Å²) in [5.41, 5.74) is -3.65. The van der Waals surface area contributed by atoms with Crippen molar-refractivity contribution in [2.45, 2.75) is 89.3 Å². The summed E-state index contributed by atoms with van der Waals surface area (Å²) in [6.07, 6.45) is 0.606. The van der Waals surface area contributed by atoms with Crippen LogP contribution in [0.5, 0.6) is 0 Å². The van der Waals surface area contributed by atoms with Gasteiger partial charge in [0, 0.05) is 16.7 Å². The maximum absolute atomic E-state index is 11.7. The second-order valence-electron chi connectivity index (χ2n) is 10.5. The van der Waals surface area contributed by atoms with Crippen LogP contribution in [0.2, 0.25) is 0 Å². The van der Waals surface area contributed by atoms with E-state index in [0.29, 0.717) is 19.3 Å². The van der Waals surface area contributed by atoms with Crippen LogP contribution in [0, 0.1) is 34.5 Å². The Bertz CT molecular complexity index is 574. The van der Waals surface area contributed by atoms with Gasteiger partial charge in [0.25, 0.3) is 0 Å². The van der Waals surface area contributed by atoms with Crippen LogP contribution in [-0.4, -0.2) is 55.0 Å². The van der Waals surface area contributed by atoms with Crippen molar-refractivity contribution in [2.24, 2.45) is 34.5 Å². The van der Waals surface area contributed by atoms with E-state index in [1.807, 2.05) is 20.8 Å². The summed E-state index contributed by atoms with van der Waals surface area (Å²) in [6, 6.07) is 0. The molecule has 0 aliphatic heterocycles. The molecule has 0 aromatic carbocycles. The summed E-state index contributed by atoms with van der Waals surface area (Å²) in [7, 11) is 0. The van der Waals surface area contributed by atoms with Crippen molar-refractivity contribution < 1.29 is 25.5 Å². The van der Waals surface area contributed by atoms with Crippen molar-refractivity contribution in [1.82, 2.24) is 0 Å². The third-order valence-electron chi connectivity index (χ3n) is 9.24. The van der Waals surface area contributed by atoms with Gasteiger partial charge < -0.3 is 25.5 Å². The van der Waals surface area contributed by atoms with E-state index in [4.69, 9.17) is 0 Å². The highest BCUT2D eigenvalue weighted by molar-refractivity contribution is 5.22. The SMILES string of the molecule is C[C@@H]1[C@@H]2CC[C@@H]3[C@@H](O)[C@@]2(C[C@@H](O)[C@@]2(O)[C@H]1C[C@H](O)C2(C)C)C[C@@]3(C)O. The van der Waals surface area contributed by atoms with Crippen LogP contribution < -0.4 is 0 Å². The Balaban J connectivity index is 1.83. The number of aliphatic hydroxyl groups excluding tert-OH is 3. The fourth-order valence-corrected chi connectivity index (χ4v) is 7.79. The quantitative estimate of drug-likeness (QED) is 0.448. The molecule has 4 fully saturated rings. The van der Waals surface area contributed by atoms with Gasteiger partial charge in [0.15, 0.2) is 0 Å². The molecule has 4 aliphatic carbocycles. The lowest BCUT2D eigenvalue weighted by atomic mass is 9.59. The van der Waals surface area contributed by atoms with Crippen molar-refractivity contribution in [1.29, 1.82) is 0 Å². The Hall–Kier alpha value is -0.200. The highest BCUT2D eigenvalue weighted by Crippen LogP contribution is 2.68. The third kappa shape index (κ3) is 1.92. The first kappa shape index (κ1) is 18.2. The summed E-state index contributed by atoms with van der Waals surface area (Å²) in [5, 5.41) is 55.4. The monoisotopic (exact) mass is 354 g/mol. The summed E-state index contributed by atoms with van der Waals surface area (Å²) in [6.45, 7) is 7.59. The van der Waals surface area contributed by atoms with Gasteiger partial charge in [-0.1, -0.05) is 20.8 Å². The molecular weight excluding hydrogens is 320 g/mol. The molecule has 10 atom stereocenters. The van der Waals surface area contributed by atoms with Crippen molar-refractivity contribution in [3.63, 3.8) is 0 Å². The van der Waals surface area contributed by atoms with Crippen molar-refractivity contribution in [2.75, 3.05) is 0 Å². The Morgan fingerprint density at radius 2 is 1.44 bits per heavy atom. The van der Waals surface area contributed by atoms with E-state index < -0.39 is 40.3 Å². The molecule has 2 bridgehead atoms. The molecule has 0 aromatic rings. The molecule has 1 spiro atoms. The molecule has 4 aliphatic rings. The molecule has 5 nitrogen and oxygen atoms in total. The molecule has 144 valence electrons. The van der Waals surface area contributed by atoms with E-state index >= 15 is 0 Å². The van der Waals surface area contributed by atoms with Crippen LogP contribution >= 0.6 is 0 Å². The standard InChI is InChI=1S/C20H34O5/c1-10-11-5-6-12-16(23)19(11,9-18(12,4)24)8-15(22)20(25)13(10)7-14(21)17(20,2)3/h10-16,21-25H,5-9H2,1-4H3/t10-,11+,12-,13+,14+,15-,16-,18-,19+,20+/m1/s1. The maximum Gasteiger partial charge on any atom is 0.101 e. The van der Waals surface area contributed by atoms with Gasteiger partial charge >= 0.3 is 0 Å². The van der Waals surface area contributed by atoms with E-state index in [9.17, 15) is 25.5 Å². The molecule has 0 radical (unpaired) electrons. The molecule has 5 N–H and O–H groups in total. The van der Waals surface area contributed by atoms with E-state index in [1.165, 1.54) is 0 Å². The van der Waals surface area contributed by atoms with Gasteiger partial charge in [0.1, 0.15) is 5.60 Å². The smallest absolute Gasteiger partial charge is 0.101 e. The maximum atomic E-state index is 11.7. The molecular formula is C20H34O5. The molecule has 4 rings (SSSR count). The van der Waals surface area contributed by atoms with Gasteiger partial charge in [-0.15, -0.1) is 0 Å². The molecule has 0 unspecified atom stereocenters. The number of hydrogen-bond acceptors (Lipinski definition) is 5. The molecule has 25 heavy (non-hydrogen) atoms. The minimum absolute atomic E-state index is 0.0723. The summed E-state index contributed by atoms with van der Waals surface area (Å²) in [5.74, 6) is -0.147. The van der Waals surface area contributed by atoms with E-state index in [1.54, 1.807) is 0 Å². The summed E-state index contributed by atoms with van der Waals surface area (Å²) < 4.78 is 0. The predicted molar refractivity (Wildman–Crippen MR) is 92.5 cm³/mol. The lowest BCUT2D eigenvalue weighted by Crippen LogP contribution is -2.57. The molecule has 0 saturated heterocycles. The van der Waals surface area contributed by atoms with Gasteiger partial charge in [-0.2, -0.15) is 0 Å². The molecule has 4 saturated carbocycles. The molecule has 0 heterocycles. The first-order valence-electron chi connectivity index (χ1n) is 9.88. The Labute approximate surface area is 150 Å². The van der Waals surface area contributed by atoms with Crippen LogP contribution in [0.1, 0.15) is 59.8 Å². The predicted octanol–water partition coefficient (Wildman–Crippen LogP) is 1.05. The van der Waals surface area contributed by atoms with Crippen LogP contribution in [-0.2, 0) is 0 Å². The number of hydrogen-bond donors (Lipinski definition) is 5.